The Bertz CT molecular complexity index is 483. The molecule has 1 aromatic rings. The third-order valence-corrected chi connectivity index (χ3v) is 3.68. The molecule has 6 nitrogen and oxygen atoms in total. The van der Waals surface area contributed by atoms with Gasteiger partial charge in [-0.3, -0.25) is 10.1 Å². The van der Waals surface area contributed by atoms with Crippen molar-refractivity contribution >= 4 is 23.1 Å². The monoisotopic (exact) mass is 284 g/mol. The fraction of sp³-hybridized carbons (Fsp3) is 0.583. The first kappa shape index (κ1) is 14.0. The maximum atomic E-state index is 10.8. The highest BCUT2D eigenvalue weighted by Crippen LogP contribution is 2.25. The first-order valence-corrected chi connectivity index (χ1v) is 6.58. The van der Waals surface area contributed by atoms with Crippen molar-refractivity contribution in [3.05, 3.63) is 27.4 Å². The van der Waals surface area contributed by atoms with E-state index >= 15 is 0 Å². The van der Waals surface area contributed by atoms with Gasteiger partial charge in [0.05, 0.1) is 17.1 Å². The Morgan fingerprint density at radius 2 is 2.32 bits per heavy atom. The average molecular weight is 285 g/mol. The van der Waals surface area contributed by atoms with E-state index < -0.39 is 4.92 Å². The van der Waals surface area contributed by atoms with E-state index in [2.05, 4.69) is 16.9 Å². The number of rotatable bonds is 3. The number of piperidine rings is 1. The summed E-state index contributed by atoms with van der Waals surface area (Å²) in [5.41, 5.74) is -0.0222. The van der Waals surface area contributed by atoms with Gasteiger partial charge in [-0.15, -0.1) is 0 Å². The molecule has 0 aromatic carbocycles. The molecule has 0 saturated carbocycles. The van der Waals surface area contributed by atoms with Gasteiger partial charge in [-0.1, -0.05) is 11.6 Å². The van der Waals surface area contributed by atoms with Gasteiger partial charge in [0, 0.05) is 19.6 Å². The minimum atomic E-state index is -0.447. The largest absolute Gasteiger partial charge is 0.355 e. The highest BCUT2D eigenvalue weighted by Gasteiger charge is 2.23. The van der Waals surface area contributed by atoms with E-state index in [1.165, 1.54) is 12.1 Å². The first-order valence-electron chi connectivity index (χ1n) is 6.20. The number of likely N-dealkylation sites (tertiary alicyclic amines) is 1. The van der Waals surface area contributed by atoms with E-state index in [1.54, 1.807) is 0 Å². The number of likely N-dealkylation sites (N-methyl/N-ethyl adjacent to an activating group) is 2. The van der Waals surface area contributed by atoms with Crippen molar-refractivity contribution in [1.82, 2.24) is 9.88 Å². The molecule has 0 amide bonds. The lowest BCUT2D eigenvalue weighted by molar-refractivity contribution is -0.384. The van der Waals surface area contributed by atoms with Gasteiger partial charge in [-0.05, 0) is 26.4 Å². The van der Waals surface area contributed by atoms with E-state index in [0.717, 1.165) is 25.9 Å². The average Bonchev–Trinajstić information content (AvgIpc) is 2.37. The summed E-state index contributed by atoms with van der Waals surface area (Å²) in [5.74, 6) is 0.555. The quantitative estimate of drug-likeness (QED) is 0.484. The molecule has 1 saturated heterocycles. The second kappa shape index (κ2) is 5.71. The lowest BCUT2D eigenvalue weighted by Gasteiger charge is -2.36. The Hall–Kier alpha value is -1.40. The van der Waals surface area contributed by atoms with Crippen LogP contribution in [-0.4, -0.2) is 48.0 Å². The number of halogens is 1. The summed E-state index contributed by atoms with van der Waals surface area (Å²) in [5, 5.41) is 11.0. The van der Waals surface area contributed by atoms with Crippen LogP contribution in [0.4, 0.5) is 11.5 Å². The summed E-state index contributed by atoms with van der Waals surface area (Å²) in [7, 11) is 3.99. The van der Waals surface area contributed by atoms with E-state index in [4.69, 9.17) is 11.6 Å². The van der Waals surface area contributed by atoms with Crippen molar-refractivity contribution in [2.75, 3.05) is 32.1 Å². The summed E-state index contributed by atoms with van der Waals surface area (Å²) < 4.78 is 0. The highest BCUT2D eigenvalue weighted by molar-refractivity contribution is 6.29. The van der Waals surface area contributed by atoms with Crippen LogP contribution in [-0.2, 0) is 0 Å². The van der Waals surface area contributed by atoms with E-state index in [-0.39, 0.29) is 10.8 Å². The molecule has 0 aliphatic carbocycles. The Kier molecular flexibility index (Phi) is 4.21. The summed E-state index contributed by atoms with van der Waals surface area (Å²) in [4.78, 5) is 18.8. The molecule has 0 N–H and O–H groups in total. The lowest BCUT2D eigenvalue weighted by Crippen LogP contribution is -2.45. The molecule has 0 spiro atoms. The van der Waals surface area contributed by atoms with Gasteiger partial charge in [0.15, 0.2) is 0 Å². The minimum Gasteiger partial charge on any atom is -0.355 e. The van der Waals surface area contributed by atoms with Gasteiger partial charge in [-0.2, -0.15) is 0 Å². The Balaban J connectivity index is 2.22. The SMILES string of the molecule is CN1CCCC(N(C)c2cc([N+](=O)[O-])cc(Cl)n2)C1. The van der Waals surface area contributed by atoms with E-state index in [1.807, 2.05) is 11.9 Å². The first-order chi connectivity index (χ1) is 8.97. The Morgan fingerprint density at radius 3 is 2.95 bits per heavy atom. The third-order valence-electron chi connectivity index (χ3n) is 3.48. The topological polar surface area (TPSA) is 62.5 Å². The summed E-state index contributed by atoms with van der Waals surface area (Å²) in [6, 6.07) is 3.05. The van der Waals surface area contributed by atoms with Gasteiger partial charge in [-0.25, -0.2) is 4.98 Å². The highest BCUT2D eigenvalue weighted by atomic mass is 35.5. The molecule has 1 aliphatic rings. The molecule has 1 unspecified atom stereocenters. The number of hydrogen-bond acceptors (Lipinski definition) is 5. The number of pyridine rings is 1. The number of hydrogen-bond donors (Lipinski definition) is 0. The Labute approximate surface area is 117 Å². The van der Waals surface area contributed by atoms with Gasteiger partial charge in [0.2, 0.25) is 0 Å². The molecule has 19 heavy (non-hydrogen) atoms. The van der Waals surface area contributed by atoms with Crippen molar-refractivity contribution < 1.29 is 4.92 Å². The number of anilines is 1. The summed E-state index contributed by atoms with van der Waals surface area (Å²) in [6.45, 7) is 2.02. The molecule has 1 fully saturated rings. The van der Waals surface area contributed by atoms with Crippen molar-refractivity contribution in [3.8, 4) is 0 Å². The molecule has 7 heteroatoms. The standard InChI is InChI=1S/C12H17ClN4O2/c1-15-5-3-4-9(8-15)16(2)12-7-10(17(18)19)6-11(13)14-12/h6-7,9H,3-5,8H2,1-2H3. The maximum absolute atomic E-state index is 10.8. The fourth-order valence-electron chi connectivity index (χ4n) is 2.40. The lowest BCUT2D eigenvalue weighted by atomic mass is 10.1. The van der Waals surface area contributed by atoms with E-state index in [0.29, 0.717) is 11.9 Å². The second-order valence-electron chi connectivity index (χ2n) is 4.93. The molecule has 1 atom stereocenters. The zero-order valence-corrected chi connectivity index (χ0v) is 11.8. The van der Waals surface area contributed by atoms with Crippen LogP contribution in [0.25, 0.3) is 0 Å². The summed E-state index contributed by atoms with van der Waals surface area (Å²) in [6.07, 6.45) is 2.18. The Morgan fingerprint density at radius 1 is 1.58 bits per heavy atom. The van der Waals surface area contributed by atoms with Gasteiger partial charge in [0.1, 0.15) is 11.0 Å². The number of nitrogens with zero attached hydrogens (tertiary/aromatic N) is 4. The van der Waals surface area contributed by atoms with Crippen molar-refractivity contribution in [1.29, 1.82) is 0 Å². The normalized spacial score (nSPS) is 20.3. The van der Waals surface area contributed by atoms with Crippen LogP contribution in [0, 0.1) is 10.1 Å². The van der Waals surface area contributed by atoms with Crippen LogP contribution in [0.3, 0.4) is 0 Å². The van der Waals surface area contributed by atoms with Crippen molar-refractivity contribution in [3.63, 3.8) is 0 Å². The molecule has 2 heterocycles. The van der Waals surface area contributed by atoms with Gasteiger partial charge < -0.3 is 9.80 Å². The molecule has 0 radical (unpaired) electrons. The van der Waals surface area contributed by atoms with Crippen molar-refractivity contribution in [2.45, 2.75) is 18.9 Å². The number of nitro groups is 1. The van der Waals surface area contributed by atoms with Crippen LogP contribution >= 0.6 is 11.6 Å². The molecule has 1 aromatic heterocycles. The van der Waals surface area contributed by atoms with Gasteiger partial charge >= 0.3 is 0 Å². The predicted octanol–water partition coefficient (Wildman–Crippen LogP) is 2.17. The van der Waals surface area contributed by atoms with Crippen molar-refractivity contribution in [2.24, 2.45) is 0 Å². The fourth-order valence-corrected chi connectivity index (χ4v) is 2.60. The smallest absolute Gasteiger partial charge is 0.276 e. The van der Waals surface area contributed by atoms with Crippen LogP contribution in [0.5, 0.6) is 0 Å². The molecular formula is C12H17ClN4O2. The van der Waals surface area contributed by atoms with Crippen LogP contribution in [0.15, 0.2) is 12.1 Å². The zero-order chi connectivity index (χ0) is 14.0. The van der Waals surface area contributed by atoms with Crippen LogP contribution in [0.1, 0.15) is 12.8 Å². The zero-order valence-electron chi connectivity index (χ0n) is 11.0. The molecule has 2 rings (SSSR count). The van der Waals surface area contributed by atoms with Crippen LogP contribution in [0.2, 0.25) is 5.15 Å². The van der Waals surface area contributed by atoms with Gasteiger partial charge in [0.25, 0.3) is 5.69 Å². The maximum Gasteiger partial charge on any atom is 0.276 e. The third kappa shape index (κ3) is 3.33. The summed E-state index contributed by atoms with van der Waals surface area (Å²) >= 11 is 5.85. The van der Waals surface area contributed by atoms with E-state index in [9.17, 15) is 10.1 Å². The minimum absolute atomic E-state index is 0.0222. The second-order valence-corrected chi connectivity index (χ2v) is 5.32. The molecule has 1 aliphatic heterocycles. The molecular weight excluding hydrogens is 268 g/mol. The predicted molar refractivity (Wildman–Crippen MR) is 74.8 cm³/mol. The molecule has 104 valence electrons. The molecule has 0 bridgehead atoms. The van der Waals surface area contributed by atoms with Crippen LogP contribution < -0.4 is 4.90 Å². The number of aromatic nitrogens is 1.